The van der Waals surface area contributed by atoms with Gasteiger partial charge in [0.05, 0.1) is 11.3 Å². The molecule has 3 aromatic carbocycles. The highest BCUT2D eigenvalue weighted by Crippen LogP contribution is 2.25. The molecule has 0 spiro atoms. The fourth-order valence-electron chi connectivity index (χ4n) is 3.23. The Hall–Kier alpha value is -3.58. The lowest BCUT2D eigenvalue weighted by atomic mass is 10.1. The number of rotatable bonds is 10. The smallest absolute Gasteiger partial charge is 0.252 e. The topological polar surface area (TPSA) is 77.2 Å². The van der Waals surface area contributed by atoms with E-state index in [0.717, 1.165) is 28.2 Å². The van der Waals surface area contributed by atoms with Gasteiger partial charge in [0.2, 0.25) is 5.89 Å². The first kappa shape index (κ1) is 22.6. The summed E-state index contributed by atoms with van der Waals surface area (Å²) in [5.41, 5.74) is 2.92. The van der Waals surface area contributed by atoms with Crippen LogP contribution in [0.4, 0.5) is 0 Å². The number of amides is 1. The Morgan fingerprint density at radius 1 is 0.970 bits per heavy atom. The van der Waals surface area contributed by atoms with Crippen LogP contribution in [-0.4, -0.2) is 22.6 Å². The molecule has 1 aromatic heterocycles. The predicted molar refractivity (Wildman–Crippen MR) is 128 cm³/mol. The molecule has 168 valence electrons. The highest BCUT2D eigenvalue weighted by Gasteiger charge is 2.12. The summed E-state index contributed by atoms with van der Waals surface area (Å²) >= 11 is 1.52. The number of hydrogen-bond acceptors (Lipinski definition) is 6. The van der Waals surface area contributed by atoms with Crippen LogP contribution < -0.4 is 10.1 Å². The number of benzene rings is 3. The summed E-state index contributed by atoms with van der Waals surface area (Å²) in [6, 6.07) is 25.6. The molecule has 1 amide bonds. The number of hydrogen-bond donors (Lipinski definition) is 1. The second kappa shape index (κ2) is 11.3. The molecule has 0 saturated carbocycles. The lowest BCUT2D eigenvalue weighted by molar-refractivity contribution is 0.0951. The molecule has 0 fully saturated rings. The third-order valence-corrected chi connectivity index (χ3v) is 6.00. The van der Waals surface area contributed by atoms with E-state index in [0.29, 0.717) is 36.2 Å². The van der Waals surface area contributed by atoms with Gasteiger partial charge in [-0.2, -0.15) is 4.98 Å². The van der Waals surface area contributed by atoms with Gasteiger partial charge in [-0.3, -0.25) is 4.79 Å². The zero-order valence-corrected chi connectivity index (χ0v) is 19.2. The molecule has 0 bridgehead atoms. The van der Waals surface area contributed by atoms with Crippen LogP contribution in [0.15, 0.2) is 88.3 Å². The van der Waals surface area contributed by atoms with Gasteiger partial charge in [-0.25, -0.2) is 0 Å². The molecule has 0 atom stereocenters. The van der Waals surface area contributed by atoms with Gasteiger partial charge in [0.1, 0.15) is 12.4 Å². The Kier molecular flexibility index (Phi) is 7.76. The Balaban J connectivity index is 1.25. The van der Waals surface area contributed by atoms with Gasteiger partial charge < -0.3 is 14.6 Å². The number of nitrogens with zero attached hydrogens (tertiary/aromatic N) is 2. The van der Waals surface area contributed by atoms with Crippen LogP contribution in [0.1, 0.15) is 33.2 Å². The van der Waals surface area contributed by atoms with E-state index in [1.54, 1.807) is 6.92 Å². The third kappa shape index (κ3) is 6.70. The monoisotopic (exact) mass is 459 g/mol. The molecule has 0 saturated heterocycles. The second-order valence-electron chi connectivity index (χ2n) is 7.44. The minimum atomic E-state index is -0.0924. The summed E-state index contributed by atoms with van der Waals surface area (Å²) in [7, 11) is 0. The number of carbonyl (C=O) groups is 1. The largest absolute Gasteiger partial charge is 0.489 e. The number of aryl methyl sites for hydroxylation is 1. The van der Waals surface area contributed by atoms with Crippen molar-refractivity contribution in [1.82, 2.24) is 15.5 Å². The van der Waals surface area contributed by atoms with E-state index in [4.69, 9.17) is 9.26 Å². The van der Waals surface area contributed by atoms with Crippen molar-refractivity contribution in [3.05, 3.63) is 107 Å². The number of ether oxygens (including phenoxy) is 1. The number of carbonyl (C=O) groups excluding carboxylic acids is 1. The van der Waals surface area contributed by atoms with Crippen molar-refractivity contribution >= 4 is 17.7 Å². The fraction of sp³-hybridized carbons (Fsp3) is 0.192. The maximum Gasteiger partial charge on any atom is 0.252 e. The summed E-state index contributed by atoms with van der Waals surface area (Å²) in [6.07, 6.45) is 0.738. The molecule has 4 rings (SSSR count). The zero-order chi connectivity index (χ0) is 22.9. The summed E-state index contributed by atoms with van der Waals surface area (Å²) in [5, 5.41) is 6.92. The number of nitrogens with one attached hydrogen (secondary N) is 1. The van der Waals surface area contributed by atoms with Crippen molar-refractivity contribution in [1.29, 1.82) is 0 Å². The van der Waals surface area contributed by atoms with Crippen LogP contribution in [-0.2, 0) is 18.8 Å². The van der Waals surface area contributed by atoms with Crippen LogP contribution in [0.2, 0.25) is 0 Å². The molecular formula is C26H25N3O3S. The highest BCUT2D eigenvalue weighted by atomic mass is 32.2. The molecule has 7 heteroatoms. The van der Waals surface area contributed by atoms with Crippen LogP contribution >= 0.6 is 11.8 Å². The lowest BCUT2D eigenvalue weighted by Gasteiger charge is -2.10. The summed E-state index contributed by atoms with van der Waals surface area (Å²) in [6.45, 7) is 2.85. The highest BCUT2D eigenvalue weighted by molar-refractivity contribution is 7.98. The molecule has 1 N–H and O–H groups in total. The van der Waals surface area contributed by atoms with Gasteiger partial charge in [0.15, 0.2) is 5.82 Å². The maximum atomic E-state index is 12.8. The van der Waals surface area contributed by atoms with Crippen LogP contribution in [0.5, 0.6) is 5.75 Å². The van der Waals surface area contributed by atoms with Crippen molar-refractivity contribution in [2.24, 2.45) is 0 Å². The predicted octanol–water partition coefficient (Wildman–Crippen LogP) is 5.22. The van der Waals surface area contributed by atoms with Crippen molar-refractivity contribution in [3.8, 4) is 5.75 Å². The van der Waals surface area contributed by atoms with Crippen molar-refractivity contribution < 1.29 is 14.1 Å². The van der Waals surface area contributed by atoms with E-state index in [1.165, 1.54) is 11.8 Å². The van der Waals surface area contributed by atoms with E-state index < -0.39 is 0 Å². The van der Waals surface area contributed by atoms with Crippen LogP contribution in [0, 0.1) is 6.92 Å². The quantitative estimate of drug-likeness (QED) is 0.328. The maximum absolute atomic E-state index is 12.8. The van der Waals surface area contributed by atoms with Crippen molar-refractivity contribution in [2.75, 3.05) is 6.54 Å². The first-order chi connectivity index (χ1) is 16.2. The molecule has 6 nitrogen and oxygen atoms in total. The van der Waals surface area contributed by atoms with Crippen LogP contribution in [0.3, 0.4) is 0 Å². The molecule has 0 aliphatic carbocycles. The van der Waals surface area contributed by atoms with Gasteiger partial charge in [-0.15, -0.1) is 11.8 Å². The van der Waals surface area contributed by atoms with E-state index in [1.807, 2.05) is 78.9 Å². The van der Waals surface area contributed by atoms with E-state index in [-0.39, 0.29) is 5.91 Å². The normalized spacial score (nSPS) is 10.7. The Morgan fingerprint density at radius 2 is 1.73 bits per heavy atom. The molecular weight excluding hydrogens is 434 g/mol. The summed E-state index contributed by atoms with van der Waals surface area (Å²) in [5.74, 6) is 2.43. The first-order valence-corrected chi connectivity index (χ1v) is 11.7. The fourth-order valence-corrected chi connectivity index (χ4v) is 4.12. The van der Waals surface area contributed by atoms with Gasteiger partial charge >= 0.3 is 0 Å². The third-order valence-electron chi connectivity index (χ3n) is 4.93. The average molecular weight is 460 g/mol. The van der Waals surface area contributed by atoms with Gasteiger partial charge in [-0.05, 0) is 41.8 Å². The summed E-state index contributed by atoms with van der Waals surface area (Å²) in [4.78, 5) is 17.8. The molecule has 0 aliphatic heterocycles. The van der Waals surface area contributed by atoms with Gasteiger partial charge in [0.25, 0.3) is 5.91 Å². The van der Waals surface area contributed by atoms with Crippen LogP contribution in [0.25, 0.3) is 0 Å². The SMILES string of the molecule is Cc1nc(CSc2ccccc2C(=O)NCCc2ccc(OCc3ccccc3)cc2)no1. The minimum Gasteiger partial charge on any atom is -0.489 e. The molecule has 0 aliphatic rings. The summed E-state index contributed by atoms with van der Waals surface area (Å²) < 4.78 is 10.8. The van der Waals surface area contributed by atoms with Crippen molar-refractivity contribution in [2.45, 2.75) is 30.6 Å². The Bertz CT molecular complexity index is 1180. The van der Waals surface area contributed by atoms with E-state index >= 15 is 0 Å². The minimum absolute atomic E-state index is 0.0924. The standard InChI is InChI=1S/C26H25N3O3S/c1-19-28-25(29-32-19)18-33-24-10-6-5-9-23(24)26(30)27-16-15-20-11-13-22(14-12-20)31-17-21-7-3-2-4-8-21/h2-14H,15-18H2,1H3,(H,27,30). The molecule has 0 unspecified atom stereocenters. The molecule has 4 aromatic rings. The number of thioether (sulfide) groups is 1. The molecule has 0 radical (unpaired) electrons. The second-order valence-corrected chi connectivity index (χ2v) is 8.46. The lowest BCUT2D eigenvalue weighted by Crippen LogP contribution is -2.26. The average Bonchev–Trinajstić information content (AvgIpc) is 3.28. The van der Waals surface area contributed by atoms with Crippen molar-refractivity contribution in [3.63, 3.8) is 0 Å². The molecule has 33 heavy (non-hydrogen) atoms. The van der Waals surface area contributed by atoms with E-state index in [9.17, 15) is 4.79 Å². The van der Waals surface area contributed by atoms with Gasteiger partial charge in [-0.1, -0.05) is 59.8 Å². The van der Waals surface area contributed by atoms with E-state index in [2.05, 4.69) is 15.5 Å². The zero-order valence-electron chi connectivity index (χ0n) is 18.4. The first-order valence-electron chi connectivity index (χ1n) is 10.7. The Labute approximate surface area is 197 Å². The molecule has 1 heterocycles. The number of aromatic nitrogens is 2. The van der Waals surface area contributed by atoms with Gasteiger partial charge in [0, 0.05) is 18.4 Å². The Morgan fingerprint density at radius 3 is 2.48 bits per heavy atom.